The third-order valence-corrected chi connectivity index (χ3v) is 2.84. The van der Waals surface area contributed by atoms with Crippen molar-refractivity contribution in [3.05, 3.63) is 28.8 Å². The Bertz CT molecular complexity index is 350. The van der Waals surface area contributed by atoms with Crippen molar-refractivity contribution in [2.75, 3.05) is 13.7 Å². The molecule has 0 unspecified atom stereocenters. The Balaban J connectivity index is 2.34. The first-order valence-corrected chi connectivity index (χ1v) is 5.32. The highest BCUT2D eigenvalue weighted by Crippen LogP contribution is 2.31. The Kier molecular flexibility index (Phi) is 3.23. The third-order valence-electron chi connectivity index (χ3n) is 2.84. The second kappa shape index (κ2) is 4.64. The molecular formula is C12H17NO2. The van der Waals surface area contributed by atoms with Gasteiger partial charge in [0.1, 0.15) is 5.75 Å². The van der Waals surface area contributed by atoms with E-state index in [4.69, 9.17) is 15.2 Å². The van der Waals surface area contributed by atoms with Gasteiger partial charge in [-0.15, -0.1) is 0 Å². The standard InChI is InChI=1S/C12H17NO2/c1-14-12-5-4-9-7-15-8-11(9)10(12)3-2-6-13/h4-5H,2-3,6-8,13H2,1H3. The summed E-state index contributed by atoms with van der Waals surface area (Å²) < 4.78 is 10.8. The second-order valence-corrected chi connectivity index (χ2v) is 3.77. The molecule has 0 saturated heterocycles. The minimum atomic E-state index is 0.715. The molecule has 1 heterocycles. The number of hydrogen-bond donors (Lipinski definition) is 1. The Hall–Kier alpha value is -1.06. The van der Waals surface area contributed by atoms with Crippen molar-refractivity contribution in [1.29, 1.82) is 0 Å². The van der Waals surface area contributed by atoms with Crippen molar-refractivity contribution in [3.63, 3.8) is 0 Å². The monoisotopic (exact) mass is 207 g/mol. The van der Waals surface area contributed by atoms with Crippen molar-refractivity contribution in [1.82, 2.24) is 0 Å². The van der Waals surface area contributed by atoms with Gasteiger partial charge in [0, 0.05) is 5.56 Å². The maximum Gasteiger partial charge on any atom is 0.122 e. The lowest BCUT2D eigenvalue weighted by Gasteiger charge is -2.12. The zero-order chi connectivity index (χ0) is 10.7. The highest BCUT2D eigenvalue weighted by molar-refractivity contribution is 5.46. The van der Waals surface area contributed by atoms with E-state index >= 15 is 0 Å². The predicted octanol–water partition coefficient (Wildman–Crippen LogP) is 1.62. The molecule has 1 aromatic rings. The van der Waals surface area contributed by atoms with Crippen molar-refractivity contribution in [3.8, 4) is 5.75 Å². The van der Waals surface area contributed by atoms with E-state index in [1.54, 1.807) is 7.11 Å². The number of methoxy groups -OCH3 is 1. The smallest absolute Gasteiger partial charge is 0.122 e. The topological polar surface area (TPSA) is 44.5 Å². The van der Waals surface area contributed by atoms with Crippen LogP contribution in [-0.4, -0.2) is 13.7 Å². The van der Waals surface area contributed by atoms with Crippen LogP contribution in [0.2, 0.25) is 0 Å². The fourth-order valence-corrected chi connectivity index (χ4v) is 2.04. The lowest BCUT2D eigenvalue weighted by Crippen LogP contribution is -2.04. The first kappa shape index (κ1) is 10.5. The summed E-state index contributed by atoms with van der Waals surface area (Å²) in [7, 11) is 1.71. The maximum atomic E-state index is 5.54. The zero-order valence-electron chi connectivity index (χ0n) is 9.08. The van der Waals surface area contributed by atoms with Crippen LogP contribution < -0.4 is 10.5 Å². The number of benzene rings is 1. The molecule has 1 aromatic carbocycles. The van der Waals surface area contributed by atoms with E-state index in [0.717, 1.165) is 25.2 Å². The SMILES string of the molecule is COc1ccc2c(c1CCCN)COC2. The van der Waals surface area contributed by atoms with E-state index in [2.05, 4.69) is 6.07 Å². The van der Waals surface area contributed by atoms with Crippen LogP contribution in [0.25, 0.3) is 0 Å². The maximum absolute atomic E-state index is 5.54. The molecule has 0 bridgehead atoms. The summed E-state index contributed by atoms with van der Waals surface area (Å²) in [5, 5.41) is 0. The third kappa shape index (κ3) is 1.98. The molecule has 1 aliphatic heterocycles. The van der Waals surface area contributed by atoms with Crippen LogP contribution in [0.3, 0.4) is 0 Å². The van der Waals surface area contributed by atoms with Crippen molar-refractivity contribution in [2.24, 2.45) is 5.73 Å². The fraction of sp³-hybridized carbons (Fsp3) is 0.500. The molecule has 0 atom stereocenters. The number of fused-ring (bicyclic) bond motifs is 1. The van der Waals surface area contributed by atoms with Gasteiger partial charge in [-0.25, -0.2) is 0 Å². The van der Waals surface area contributed by atoms with E-state index in [-0.39, 0.29) is 0 Å². The molecule has 2 N–H and O–H groups in total. The quantitative estimate of drug-likeness (QED) is 0.816. The Morgan fingerprint density at radius 2 is 2.27 bits per heavy atom. The van der Waals surface area contributed by atoms with Gasteiger partial charge in [-0.2, -0.15) is 0 Å². The van der Waals surface area contributed by atoms with E-state index in [0.29, 0.717) is 13.2 Å². The first-order chi connectivity index (χ1) is 7.36. The Morgan fingerprint density at radius 3 is 3.00 bits per heavy atom. The van der Waals surface area contributed by atoms with Gasteiger partial charge in [0.25, 0.3) is 0 Å². The van der Waals surface area contributed by atoms with Crippen molar-refractivity contribution >= 4 is 0 Å². The molecule has 1 aliphatic rings. The van der Waals surface area contributed by atoms with Crippen molar-refractivity contribution < 1.29 is 9.47 Å². The molecule has 3 nitrogen and oxygen atoms in total. The van der Waals surface area contributed by atoms with E-state index < -0.39 is 0 Å². The lowest BCUT2D eigenvalue weighted by atomic mass is 9.98. The molecule has 2 rings (SSSR count). The largest absolute Gasteiger partial charge is 0.496 e. The minimum Gasteiger partial charge on any atom is -0.496 e. The average Bonchev–Trinajstić information content (AvgIpc) is 2.73. The summed E-state index contributed by atoms with van der Waals surface area (Å²) in [6, 6.07) is 4.12. The summed E-state index contributed by atoms with van der Waals surface area (Å²) in [6.07, 6.45) is 1.97. The molecule has 0 fully saturated rings. The van der Waals surface area contributed by atoms with Gasteiger partial charge < -0.3 is 15.2 Å². The predicted molar refractivity (Wildman–Crippen MR) is 58.9 cm³/mol. The number of hydrogen-bond acceptors (Lipinski definition) is 3. The molecule has 0 aromatic heterocycles. The van der Waals surface area contributed by atoms with E-state index in [1.807, 2.05) is 6.07 Å². The lowest BCUT2D eigenvalue weighted by molar-refractivity contribution is 0.134. The molecular weight excluding hydrogens is 190 g/mol. The summed E-state index contributed by atoms with van der Waals surface area (Å²) in [5.41, 5.74) is 9.42. The van der Waals surface area contributed by atoms with Gasteiger partial charge in [0.15, 0.2) is 0 Å². The van der Waals surface area contributed by atoms with Crippen LogP contribution in [0, 0.1) is 0 Å². The van der Waals surface area contributed by atoms with Gasteiger partial charge in [0.05, 0.1) is 20.3 Å². The Morgan fingerprint density at radius 1 is 1.40 bits per heavy atom. The minimum absolute atomic E-state index is 0.715. The highest BCUT2D eigenvalue weighted by Gasteiger charge is 2.18. The van der Waals surface area contributed by atoms with Crippen LogP contribution in [0.5, 0.6) is 5.75 Å². The fourth-order valence-electron chi connectivity index (χ4n) is 2.04. The summed E-state index contributed by atoms with van der Waals surface area (Å²) >= 11 is 0. The van der Waals surface area contributed by atoms with Crippen LogP contribution in [-0.2, 0) is 24.4 Å². The first-order valence-electron chi connectivity index (χ1n) is 5.32. The van der Waals surface area contributed by atoms with Gasteiger partial charge in [-0.05, 0) is 36.6 Å². The van der Waals surface area contributed by atoms with Crippen LogP contribution in [0.4, 0.5) is 0 Å². The normalized spacial score (nSPS) is 14.0. The van der Waals surface area contributed by atoms with Gasteiger partial charge in [-0.3, -0.25) is 0 Å². The molecule has 0 radical (unpaired) electrons. The van der Waals surface area contributed by atoms with Crippen LogP contribution in [0.15, 0.2) is 12.1 Å². The molecule has 0 saturated carbocycles. The number of rotatable bonds is 4. The van der Waals surface area contributed by atoms with Crippen LogP contribution in [0.1, 0.15) is 23.1 Å². The Labute approximate surface area is 90.2 Å². The highest BCUT2D eigenvalue weighted by atomic mass is 16.5. The molecule has 3 heteroatoms. The van der Waals surface area contributed by atoms with E-state index in [1.165, 1.54) is 16.7 Å². The van der Waals surface area contributed by atoms with Gasteiger partial charge >= 0.3 is 0 Å². The average molecular weight is 207 g/mol. The van der Waals surface area contributed by atoms with Crippen LogP contribution >= 0.6 is 0 Å². The van der Waals surface area contributed by atoms with E-state index in [9.17, 15) is 0 Å². The summed E-state index contributed by atoms with van der Waals surface area (Å²) in [4.78, 5) is 0. The number of nitrogens with two attached hydrogens (primary N) is 1. The van der Waals surface area contributed by atoms with Gasteiger partial charge in [-0.1, -0.05) is 6.07 Å². The second-order valence-electron chi connectivity index (χ2n) is 3.77. The molecule has 0 aliphatic carbocycles. The van der Waals surface area contributed by atoms with Crippen molar-refractivity contribution in [2.45, 2.75) is 26.1 Å². The molecule has 82 valence electrons. The molecule has 0 spiro atoms. The molecule has 15 heavy (non-hydrogen) atoms. The summed E-state index contributed by atoms with van der Waals surface area (Å²) in [6.45, 7) is 2.16. The van der Waals surface area contributed by atoms with Gasteiger partial charge in [0.2, 0.25) is 0 Å². The molecule has 0 amide bonds. The number of ether oxygens (including phenoxy) is 2. The summed E-state index contributed by atoms with van der Waals surface area (Å²) in [5.74, 6) is 0.965. The zero-order valence-corrected chi connectivity index (χ0v) is 9.08.